The predicted molar refractivity (Wildman–Crippen MR) is 84.7 cm³/mol. The van der Waals surface area contributed by atoms with E-state index >= 15 is 0 Å². The van der Waals surface area contributed by atoms with Gasteiger partial charge >= 0.3 is 0 Å². The highest BCUT2D eigenvalue weighted by atomic mass is 16.1. The molecule has 0 aliphatic rings. The lowest BCUT2D eigenvalue weighted by molar-refractivity contribution is 0.864. The minimum atomic E-state index is -0.0328. The van der Waals surface area contributed by atoms with E-state index in [0.29, 0.717) is 12.2 Å². The fraction of sp³-hybridized carbons (Fsp3) is 0.176. The minimum Gasteiger partial charge on any atom is -0.369 e. The topological polar surface area (TPSA) is 37.6 Å². The van der Waals surface area contributed by atoms with Gasteiger partial charge in [0.15, 0.2) is 0 Å². The van der Waals surface area contributed by atoms with Gasteiger partial charge in [0.1, 0.15) is 5.65 Å². The third-order valence-electron chi connectivity index (χ3n) is 3.53. The molecule has 3 rings (SSSR count). The number of hydrogen-bond donors (Lipinski definition) is 0. The molecule has 2 aromatic heterocycles. The number of para-hydroxylation sites is 1. The number of nitrogens with zero attached hydrogens (tertiary/aromatic N) is 3. The molecule has 0 saturated heterocycles. The highest BCUT2D eigenvalue weighted by molar-refractivity contribution is 5.46. The summed E-state index contributed by atoms with van der Waals surface area (Å²) in [5.74, 6) is 0. The summed E-state index contributed by atoms with van der Waals surface area (Å²) in [6, 6.07) is 17.4. The summed E-state index contributed by atoms with van der Waals surface area (Å²) in [5, 5.41) is 0. The van der Waals surface area contributed by atoms with Gasteiger partial charge in [0.25, 0.3) is 5.56 Å². The molecule has 0 fully saturated rings. The van der Waals surface area contributed by atoms with E-state index in [9.17, 15) is 4.79 Å². The van der Waals surface area contributed by atoms with Crippen molar-refractivity contribution < 1.29 is 0 Å². The number of aryl methyl sites for hydroxylation is 1. The maximum atomic E-state index is 12.2. The molecular weight excluding hydrogens is 262 g/mol. The molecule has 0 bridgehead atoms. The molecule has 4 nitrogen and oxygen atoms in total. The molecule has 0 unspecified atom stereocenters. The summed E-state index contributed by atoms with van der Waals surface area (Å²) in [7, 11) is 2.00. The smallest absolute Gasteiger partial charge is 0.258 e. The van der Waals surface area contributed by atoms with Crippen molar-refractivity contribution >= 4 is 11.3 Å². The molecule has 21 heavy (non-hydrogen) atoms. The van der Waals surface area contributed by atoms with Gasteiger partial charge in [-0.05, 0) is 31.2 Å². The number of anilines is 1. The maximum absolute atomic E-state index is 12.2. The zero-order valence-electron chi connectivity index (χ0n) is 12.2. The normalized spacial score (nSPS) is 10.8. The monoisotopic (exact) mass is 279 g/mol. The van der Waals surface area contributed by atoms with Crippen LogP contribution in [0, 0.1) is 6.92 Å². The maximum Gasteiger partial charge on any atom is 0.258 e. The molecule has 1 aromatic carbocycles. The second-order valence-corrected chi connectivity index (χ2v) is 5.14. The van der Waals surface area contributed by atoms with Gasteiger partial charge < -0.3 is 4.90 Å². The van der Waals surface area contributed by atoms with E-state index in [1.165, 1.54) is 0 Å². The van der Waals surface area contributed by atoms with E-state index in [1.54, 1.807) is 10.5 Å². The van der Waals surface area contributed by atoms with Crippen molar-refractivity contribution in [1.29, 1.82) is 0 Å². The highest BCUT2D eigenvalue weighted by Crippen LogP contribution is 2.13. The molecule has 0 aliphatic carbocycles. The summed E-state index contributed by atoms with van der Waals surface area (Å²) < 4.78 is 1.63. The van der Waals surface area contributed by atoms with Crippen molar-refractivity contribution in [3.63, 3.8) is 0 Å². The Morgan fingerprint density at radius 3 is 2.62 bits per heavy atom. The Bertz CT molecular complexity index is 824. The predicted octanol–water partition coefficient (Wildman–Crippen LogP) is 2.64. The zero-order valence-corrected chi connectivity index (χ0v) is 12.2. The molecule has 0 amide bonds. The van der Waals surface area contributed by atoms with Crippen LogP contribution in [0.2, 0.25) is 0 Å². The second kappa shape index (κ2) is 5.40. The van der Waals surface area contributed by atoms with Crippen LogP contribution in [0.15, 0.2) is 59.4 Å². The first-order valence-corrected chi connectivity index (χ1v) is 6.89. The van der Waals surface area contributed by atoms with Crippen LogP contribution in [0.25, 0.3) is 5.65 Å². The molecular formula is C17H17N3O. The molecule has 0 aliphatic heterocycles. The first-order valence-electron chi connectivity index (χ1n) is 6.89. The fourth-order valence-electron chi connectivity index (χ4n) is 2.46. The summed E-state index contributed by atoms with van der Waals surface area (Å²) in [5.41, 5.74) is 3.43. The van der Waals surface area contributed by atoms with E-state index in [4.69, 9.17) is 0 Å². The first kappa shape index (κ1) is 13.4. The second-order valence-electron chi connectivity index (χ2n) is 5.14. The molecule has 2 heterocycles. The van der Waals surface area contributed by atoms with Crippen LogP contribution >= 0.6 is 0 Å². The number of rotatable bonds is 3. The van der Waals surface area contributed by atoms with E-state index in [0.717, 1.165) is 17.1 Å². The van der Waals surface area contributed by atoms with Gasteiger partial charge in [-0.25, -0.2) is 4.98 Å². The highest BCUT2D eigenvalue weighted by Gasteiger charge is 2.07. The lowest BCUT2D eigenvalue weighted by Crippen LogP contribution is -2.22. The largest absolute Gasteiger partial charge is 0.369 e. The molecule has 0 spiro atoms. The van der Waals surface area contributed by atoms with Crippen LogP contribution in [0.3, 0.4) is 0 Å². The summed E-state index contributed by atoms with van der Waals surface area (Å²) in [6.45, 7) is 2.51. The minimum absolute atomic E-state index is 0.0328. The molecule has 0 radical (unpaired) electrons. The van der Waals surface area contributed by atoms with E-state index < -0.39 is 0 Å². The first-order chi connectivity index (χ1) is 10.1. The summed E-state index contributed by atoms with van der Waals surface area (Å²) in [6.07, 6.45) is 0. The fourth-order valence-corrected chi connectivity index (χ4v) is 2.46. The summed E-state index contributed by atoms with van der Waals surface area (Å²) in [4.78, 5) is 18.9. The average molecular weight is 279 g/mol. The molecule has 0 N–H and O–H groups in total. The average Bonchev–Trinajstić information content (AvgIpc) is 2.48. The molecule has 0 saturated carbocycles. The Hall–Kier alpha value is -2.62. The SMILES string of the molecule is Cc1cccc2nc(CN(C)c3ccccc3)cc(=O)n12. The van der Waals surface area contributed by atoms with Gasteiger partial charge in [-0.15, -0.1) is 0 Å². The third-order valence-corrected chi connectivity index (χ3v) is 3.53. The Kier molecular flexibility index (Phi) is 3.44. The lowest BCUT2D eigenvalue weighted by atomic mass is 10.2. The van der Waals surface area contributed by atoms with E-state index in [1.807, 2.05) is 62.5 Å². The molecule has 106 valence electrons. The quantitative estimate of drug-likeness (QED) is 0.739. The Labute approximate surface area is 123 Å². The van der Waals surface area contributed by atoms with Crippen LogP contribution < -0.4 is 10.5 Å². The Morgan fingerprint density at radius 1 is 1.10 bits per heavy atom. The van der Waals surface area contributed by atoms with Crippen molar-refractivity contribution in [2.75, 3.05) is 11.9 Å². The van der Waals surface area contributed by atoms with Gasteiger partial charge in [0.05, 0.1) is 12.2 Å². The van der Waals surface area contributed by atoms with Crippen molar-refractivity contribution in [2.24, 2.45) is 0 Å². The lowest BCUT2D eigenvalue weighted by Gasteiger charge is -2.19. The van der Waals surface area contributed by atoms with Crippen LogP contribution in [0.4, 0.5) is 5.69 Å². The van der Waals surface area contributed by atoms with Crippen molar-refractivity contribution in [3.8, 4) is 0 Å². The number of aromatic nitrogens is 2. The van der Waals surface area contributed by atoms with Crippen LogP contribution in [0.1, 0.15) is 11.4 Å². The standard InChI is InChI=1S/C17H17N3O/c1-13-7-6-10-16-18-14(11-17(21)20(13)16)12-19(2)15-8-4-3-5-9-15/h3-11H,12H2,1-2H3. The van der Waals surface area contributed by atoms with Crippen LogP contribution in [0.5, 0.6) is 0 Å². The molecule has 0 atom stereocenters. The van der Waals surface area contributed by atoms with Gasteiger partial charge in [-0.2, -0.15) is 0 Å². The summed E-state index contributed by atoms with van der Waals surface area (Å²) >= 11 is 0. The Morgan fingerprint density at radius 2 is 1.86 bits per heavy atom. The number of fused-ring (bicyclic) bond motifs is 1. The van der Waals surface area contributed by atoms with Crippen LogP contribution in [-0.2, 0) is 6.54 Å². The van der Waals surface area contributed by atoms with Crippen molar-refractivity contribution in [2.45, 2.75) is 13.5 Å². The molecule has 4 heteroatoms. The number of benzene rings is 1. The Balaban J connectivity index is 1.97. The van der Waals surface area contributed by atoms with Gasteiger partial charge in [-0.3, -0.25) is 9.20 Å². The van der Waals surface area contributed by atoms with Crippen molar-refractivity contribution in [3.05, 3.63) is 76.3 Å². The zero-order chi connectivity index (χ0) is 14.8. The number of pyridine rings is 1. The van der Waals surface area contributed by atoms with E-state index in [-0.39, 0.29) is 5.56 Å². The third kappa shape index (κ3) is 2.65. The van der Waals surface area contributed by atoms with Gasteiger partial charge in [-0.1, -0.05) is 24.3 Å². The van der Waals surface area contributed by atoms with Gasteiger partial charge in [0, 0.05) is 24.5 Å². The van der Waals surface area contributed by atoms with E-state index in [2.05, 4.69) is 9.88 Å². The number of hydrogen-bond acceptors (Lipinski definition) is 3. The van der Waals surface area contributed by atoms with Crippen LogP contribution in [-0.4, -0.2) is 16.4 Å². The van der Waals surface area contributed by atoms with Crippen molar-refractivity contribution in [1.82, 2.24) is 9.38 Å². The van der Waals surface area contributed by atoms with Gasteiger partial charge in [0.2, 0.25) is 0 Å². The molecule has 3 aromatic rings.